The molecule has 0 saturated carbocycles. The maximum absolute atomic E-state index is 15.2. The molecular weight excluding hydrogens is 2110 g/mol. The first kappa shape index (κ1) is 105. The zero-order valence-electron chi connectivity index (χ0n) is 75.7. The Balaban J connectivity index is 0.598. The number of nitrogen functional groups attached to an aromatic ring is 6. The van der Waals surface area contributed by atoms with Crippen LogP contribution in [0.4, 0.5) is 35.0 Å². The van der Waals surface area contributed by atoms with Gasteiger partial charge in [-0.3, -0.25) is 82.4 Å². The summed E-state index contributed by atoms with van der Waals surface area (Å²) in [7, 11) is -9.73. The Morgan fingerprint density at radius 2 is 0.736 bits per heavy atom. The van der Waals surface area contributed by atoms with Crippen molar-refractivity contribution in [1.29, 1.82) is 0 Å². The van der Waals surface area contributed by atoms with E-state index in [0.29, 0.717) is 0 Å². The van der Waals surface area contributed by atoms with E-state index in [2.05, 4.69) is 92.0 Å². The van der Waals surface area contributed by atoms with E-state index < -0.39 is 254 Å². The summed E-state index contributed by atoms with van der Waals surface area (Å²) < 4.78 is 219. The monoisotopic (exact) mass is 2200 g/mol. The highest BCUT2D eigenvalue weighted by atomic mass is 32.7. The average Bonchev–Trinajstić information content (AvgIpc) is 2.04. The number of ether oxygens (including phenoxy) is 13. The van der Waals surface area contributed by atoms with Gasteiger partial charge in [0.2, 0.25) is 5.95 Å². The van der Waals surface area contributed by atoms with Crippen LogP contribution in [0.1, 0.15) is 50.7 Å². The molecule has 0 bridgehead atoms. The third kappa shape index (κ3) is 21.5. The van der Waals surface area contributed by atoms with E-state index in [1.807, 2.05) is 0 Å². The number of hydrogen-bond acceptors (Lipinski definition) is 55. The number of nitrogens with zero attached hydrogens (tertiary/aromatic N) is 21. The molecule has 7 saturated heterocycles. The first-order valence-corrected chi connectivity index (χ1v) is 55.1. The van der Waals surface area contributed by atoms with Gasteiger partial charge in [-0.2, -0.15) is 9.97 Å². The van der Waals surface area contributed by atoms with Gasteiger partial charge in [-0.05, 0) is 36.6 Å². The molecule has 7 fully saturated rings. The maximum Gasteiger partial charge on any atom is 0.472 e. The molecule has 0 aliphatic carbocycles. The summed E-state index contributed by atoms with van der Waals surface area (Å²) in [6, 6.07) is 1.24. The molecule has 12 unspecified atom stereocenters. The summed E-state index contributed by atoms with van der Waals surface area (Å²) in [6.07, 6.45) is -27.0. The van der Waals surface area contributed by atoms with Gasteiger partial charge in [-0.25, -0.2) is 87.8 Å². The number of rotatable bonds is 42. The van der Waals surface area contributed by atoms with Crippen LogP contribution >= 0.6 is 56.0 Å². The van der Waals surface area contributed by atoms with Crippen LogP contribution in [0, 0.1) is 0 Å². The van der Waals surface area contributed by atoms with Crippen LogP contribution in [0.5, 0.6) is 0 Å². The molecular formula is C70H94N28O37P6S3. The summed E-state index contributed by atoms with van der Waals surface area (Å²) in [5.74, 6) is -0.750. The van der Waals surface area contributed by atoms with Crippen LogP contribution in [0.3, 0.4) is 0 Å². The van der Waals surface area contributed by atoms with Gasteiger partial charge < -0.3 is 135 Å². The van der Waals surface area contributed by atoms with Gasteiger partial charge in [-0.1, -0.05) is 12.2 Å². The third-order valence-electron chi connectivity index (χ3n) is 24.1. The number of fused-ring (bicyclic) bond motifs is 5. The normalized spacial score (nSPS) is 32.0. The zero-order chi connectivity index (χ0) is 102. The number of H-pyrrole nitrogens is 1. The molecule has 144 heavy (non-hydrogen) atoms. The van der Waals surface area contributed by atoms with Crippen LogP contribution in [0.25, 0.3) is 55.8 Å². The van der Waals surface area contributed by atoms with E-state index in [-0.39, 0.29) is 104 Å². The fourth-order valence-electron chi connectivity index (χ4n) is 17.6. The van der Waals surface area contributed by atoms with Crippen molar-refractivity contribution in [3.8, 4) is 0 Å². The lowest BCUT2D eigenvalue weighted by Crippen LogP contribution is -2.40. The number of nitrogens with two attached hydrogens (primary N) is 6. The molecule has 32 atom stereocenters. The van der Waals surface area contributed by atoms with E-state index >= 15 is 13.7 Å². The van der Waals surface area contributed by atoms with Crippen molar-refractivity contribution >= 4 is 170 Å². The van der Waals surface area contributed by atoms with Crippen LogP contribution in [-0.4, -0.2) is 348 Å². The van der Waals surface area contributed by atoms with Crippen molar-refractivity contribution in [1.82, 2.24) is 107 Å². The lowest BCUT2D eigenvalue weighted by Gasteiger charge is -2.30. The molecule has 0 spiro atoms. The second-order valence-corrected chi connectivity index (χ2v) is 45.3. The number of methoxy groups -OCH3 is 6. The average molecular weight is 2200 g/mol. The first-order valence-electron chi connectivity index (χ1n) is 42.7. The molecule has 0 amide bonds. The number of aromatic amines is 1. The molecule has 11 aromatic heterocycles. The fraction of sp³-hybridized carbons (Fsp3) is 0.586. The van der Waals surface area contributed by atoms with Gasteiger partial charge in [0, 0.05) is 61.9 Å². The molecule has 19 N–H and O–H groups in total. The lowest BCUT2D eigenvalue weighted by atomic mass is 10.1. The predicted molar refractivity (Wildman–Crippen MR) is 493 cm³/mol. The van der Waals surface area contributed by atoms with Crippen LogP contribution < -0.4 is 45.7 Å². The number of aliphatic hydroxyl groups is 1. The number of aliphatic hydroxyl groups excluding tert-OH is 1. The van der Waals surface area contributed by atoms with Crippen molar-refractivity contribution in [2.24, 2.45) is 0 Å². The Bertz CT molecular complexity index is 6970. The van der Waals surface area contributed by atoms with Gasteiger partial charge in [0.1, 0.15) is 163 Å². The summed E-state index contributed by atoms with van der Waals surface area (Å²) >= 11 is 15.7. The second-order valence-electron chi connectivity index (χ2n) is 32.6. The Labute approximate surface area is 823 Å². The molecule has 18 heterocycles. The molecule has 0 aromatic carbocycles. The number of phosphoric acid groups is 3. The summed E-state index contributed by atoms with van der Waals surface area (Å²) in [5.41, 5.74) is 35.3. The van der Waals surface area contributed by atoms with E-state index in [0.717, 1.165) is 37.8 Å². The summed E-state index contributed by atoms with van der Waals surface area (Å²) in [4.78, 5) is 152. The second kappa shape index (κ2) is 42.5. The van der Waals surface area contributed by atoms with Gasteiger partial charge in [0.25, 0.3) is 5.56 Å². The minimum absolute atomic E-state index is 0.0000320. The van der Waals surface area contributed by atoms with E-state index in [9.17, 15) is 43.7 Å². The third-order valence-corrected chi connectivity index (χ3v) is 31.8. The fourth-order valence-corrected chi connectivity index (χ4v) is 25.3. The van der Waals surface area contributed by atoms with Crippen LogP contribution in [0.15, 0.2) is 78.8 Å². The molecule has 784 valence electrons. The Morgan fingerprint density at radius 3 is 1.12 bits per heavy atom. The Kier molecular flexibility index (Phi) is 31.1. The minimum atomic E-state index is -5.79. The van der Waals surface area contributed by atoms with Crippen molar-refractivity contribution in [2.45, 2.75) is 173 Å². The van der Waals surface area contributed by atoms with Gasteiger partial charge in [0.05, 0.1) is 83.5 Å². The van der Waals surface area contributed by atoms with Gasteiger partial charge in [0.15, 0.2) is 94.4 Å². The van der Waals surface area contributed by atoms with Crippen LogP contribution in [-0.2, 0) is 158 Å². The molecule has 74 heteroatoms. The van der Waals surface area contributed by atoms with E-state index in [1.165, 1.54) is 108 Å². The Morgan fingerprint density at radius 1 is 0.403 bits per heavy atom. The number of hydrogen-bond donors (Lipinski definition) is 14. The number of phosphoric ester groups is 3. The highest BCUT2D eigenvalue weighted by Gasteiger charge is 2.60. The first-order chi connectivity index (χ1) is 68.6. The number of imidazole rings is 5. The van der Waals surface area contributed by atoms with E-state index in [1.54, 1.807) is 0 Å². The maximum atomic E-state index is 15.2. The molecule has 7 aliphatic heterocycles. The number of anilines is 6. The van der Waals surface area contributed by atoms with E-state index in [4.69, 9.17) is 174 Å². The van der Waals surface area contributed by atoms with Gasteiger partial charge >= 0.3 is 49.4 Å². The highest BCUT2D eigenvalue weighted by Crippen LogP contribution is 2.61. The molecule has 7 aliphatic rings. The van der Waals surface area contributed by atoms with Gasteiger partial charge in [-0.15, -0.1) is 0 Å². The number of aromatic nitrogens is 22. The summed E-state index contributed by atoms with van der Waals surface area (Å²) in [5, 5.41) is 10.0. The lowest BCUT2D eigenvalue weighted by molar-refractivity contribution is -0.0652. The Hall–Kier alpha value is -8.44. The standard InChI is InChI=1S/C70H94N28O37P6S3/c1-27-41(47(111-2)64(123-27)98-26-89-40-61(98)91-69(76)92-62(40)100)130-136(102,103)118-13-30-42(48(112-3)65(125-30)94-22-85-36-53(72)77-18-81-57(36)94)131-137(104,105)119-14-31-43(49(113-4)66(126-31)95-23-86-37-54(73)78-19-82-58(37)95)132-138(106,107)120-15-32-44(51(115-6)67(127-32)96-24-87-38-55(74)79-20-83-59(38)96)133-139(108,142)121-16-33-45(50(114-5)63(124-33)93-10-8-35(71)90-70(93)101)134-140(109,143)122-17-34-46(135-141(110,144)129-28-9-11-117-29(28)12-99)52(116-7)68(128-34)97-25-88-39-56(75)80-21-84-60(39)97/h8,10,18-34,41-52,63-68,99H,9,11-17H2,1-7H3,(H,102,103)(H,104,105)(H,106,107)(H,108,142)(H,109,143)(H,110,144)(H2,71,90,101)(H2,72,77,81)(H2,73,78,82)(H2,74,79,83)(H2,75,80,84)(H3,76,91,92,100)/t27-,28+,29+,30-,31-,32-,33-,34-,41?,42?,43?,44?,45?,46?,47+,48+,49+,50+,51+,52+,63-,64-,65-,66-,67-,68-,139?,140?,141?/m1/s1. The SMILES string of the molecule is CO[C@H]1C(OP(=O)(S)OC[C@H]2O[C@@H](n3cnc4c(N)ncnc43)[C@@H](OC)C2OP(O)(=S)O[C@H]2CCO[C@H]2CO)[C@@H](COP(O)(=S)OC2[C@@H](COP(=O)(O)OC3[C@@H](COP(=O)(O)OC4[C@@H](COP(=O)(O)OC5[C@@H](C)O[C@@H](n6cnc7c(=O)[nH]c(N)nc76)[C@H]5OC)O[C@@H](n5cnc6c(N)ncnc65)[C@H]4OC)O[C@@H](n4cnc5c(N)ncnc54)[C@H]3OC)O[C@@H](n3cnc4c(N)ncnc43)[C@H]2OC)O[C@H]1n1ccc(N)nc1=O. The topological polar surface area (TPSA) is 849 Å². The minimum Gasteiger partial charge on any atom is -0.394 e. The number of thiol groups is 1. The highest BCUT2D eigenvalue weighted by molar-refractivity contribution is 8.44. The number of nitrogens with one attached hydrogen (secondary N) is 1. The molecule has 0 radical (unpaired) electrons. The molecule has 18 rings (SSSR count). The molecule has 65 nitrogen and oxygen atoms in total. The van der Waals surface area contributed by atoms with Crippen LogP contribution in [0.2, 0.25) is 0 Å². The summed E-state index contributed by atoms with van der Waals surface area (Å²) in [6.45, 7) is -18.2. The van der Waals surface area contributed by atoms with Crippen molar-refractivity contribution in [2.75, 3.05) is 123 Å². The van der Waals surface area contributed by atoms with Crippen molar-refractivity contribution in [3.63, 3.8) is 0 Å². The largest absolute Gasteiger partial charge is 0.472 e. The van der Waals surface area contributed by atoms with Crippen molar-refractivity contribution < 1.29 is 164 Å². The van der Waals surface area contributed by atoms with Crippen molar-refractivity contribution in [3.05, 3.63) is 90.0 Å². The quantitative estimate of drug-likeness (QED) is 0.0162. The zero-order valence-corrected chi connectivity index (χ0v) is 83.6. The smallest absolute Gasteiger partial charge is 0.394 e. The molecule has 11 aromatic rings. The predicted octanol–water partition coefficient (Wildman–Crippen LogP) is -0.943.